The summed E-state index contributed by atoms with van der Waals surface area (Å²) in [7, 11) is 0. The molecule has 2 nitrogen and oxygen atoms in total. The largest absolute Gasteiger partial charge is 0.398 e. The van der Waals surface area contributed by atoms with Gasteiger partial charge in [-0.2, -0.15) is 0 Å². The number of hydrogen-bond acceptors (Lipinski definition) is 2. The van der Waals surface area contributed by atoms with E-state index in [4.69, 9.17) is 5.73 Å². The van der Waals surface area contributed by atoms with Crippen molar-refractivity contribution in [2.24, 2.45) is 29.6 Å². The molecule has 1 aromatic carbocycles. The van der Waals surface area contributed by atoms with Crippen LogP contribution >= 0.6 is 0 Å². The number of para-hydroxylation sites is 1. The topological polar surface area (TPSA) is 46.2 Å². The fourth-order valence-electron chi connectivity index (χ4n) is 5.47. The lowest BCUT2D eigenvalue weighted by atomic mass is 9.50. The van der Waals surface area contributed by atoms with Gasteiger partial charge in [0.25, 0.3) is 0 Å². The van der Waals surface area contributed by atoms with Crippen LogP contribution in [0.1, 0.15) is 43.8 Å². The molecule has 19 heavy (non-hydrogen) atoms. The van der Waals surface area contributed by atoms with Gasteiger partial charge in [-0.05, 0) is 67.8 Å². The van der Waals surface area contributed by atoms with Crippen molar-refractivity contribution in [3.63, 3.8) is 0 Å². The van der Waals surface area contributed by atoms with Gasteiger partial charge in [-0.1, -0.05) is 18.2 Å². The van der Waals surface area contributed by atoms with Crippen molar-refractivity contribution in [1.82, 2.24) is 0 Å². The molecule has 0 aliphatic heterocycles. The Morgan fingerprint density at radius 1 is 0.947 bits per heavy atom. The Bertz CT molecular complexity index is 456. The number of hydrogen-bond donors (Lipinski definition) is 2. The summed E-state index contributed by atoms with van der Waals surface area (Å²) in [5, 5.41) is 10.9. The number of aliphatic hydroxyl groups is 1. The van der Waals surface area contributed by atoms with Crippen LogP contribution in [0, 0.1) is 29.6 Å². The number of nitrogens with two attached hydrogens (primary N) is 1. The maximum atomic E-state index is 10.9. The van der Waals surface area contributed by atoms with E-state index in [1.807, 2.05) is 24.3 Å². The molecule has 1 aromatic rings. The van der Waals surface area contributed by atoms with Crippen LogP contribution in [-0.2, 0) is 0 Å². The van der Waals surface area contributed by atoms with E-state index in [1.54, 1.807) is 0 Å². The molecule has 4 fully saturated rings. The van der Waals surface area contributed by atoms with Crippen LogP contribution in [0.3, 0.4) is 0 Å². The molecule has 0 spiro atoms. The number of anilines is 1. The van der Waals surface area contributed by atoms with Crippen molar-refractivity contribution in [3.8, 4) is 0 Å². The first kappa shape index (κ1) is 11.8. The van der Waals surface area contributed by atoms with E-state index in [1.165, 1.54) is 32.1 Å². The zero-order valence-electron chi connectivity index (χ0n) is 11.3. The molecule has 4 aliphatic rings. The summed E-state index contributed by atoms with van der Waals surface area (Å²) in [4.78, 5) is 0. The molecule has 4 aliphatic carbocycles. The van der Waals surface area contributed by atoms with E-state index in [0.29, 0.717) is 5.92 Å². The van der Waals surface area contributed by atoms with Crippen molar-refractivity contribution in [2.45, 2.75) is 38.2 Å². The van der Waals surface area contributed by atoms with Gasteiger partial charge in [0.2, 0.25) is 0 Å². The Kier molecular flexibility index (Phi) is 2.63. The molecule has 0 radical (unpaired) electrons. The second-order valence-electron chi connectivity index (χ2n) is 7.08. The van der Waals surface area contributed by atoms with E-state index in [2.05, 4.69) is 0 Å². The quantitative estimate of drug-likeness (QED) is 0.798. The van der Waals surface area contributed by atoms with Gasteiger partial charge in [0, 0.05) is 11.3 Å². The standard InChI is InChI=1S/C17H23NO/c18-15-4-2-1-3-14(15)17(19)16-12-6-10-5-11(8-12)9-13(16)7-10/h1-4,10-13,16-17,19H,5-9,18H2. The number of aliphatic hydroxyl groups excluding tert-OH is 1. The Morgan fingerprint density at radius 3 is 2.11 bits per heavy atom. The third-order valence-electron chi connectivity index (χ3n) is 5.98. The summed E-state index contributed by atoms with van der Waals surface area (Å²) in [5.41, 5.74) is 7.77. The van der Waals surface area contributed by atoms with Crippen molar-refractivity contribution in [3.05, 3.63) is 29.8 Å². The predicted octanol–water partition coefficient (Wildman–Crippen LogP) is 3.37. The second kappa shape index (κ2) is 4.24. The average Bonchev–Trinajstić information content (AvgIpc) is 2.37. The molecular formula is C17H23NO. The second-order valence-corrected chi connectivity index (χ2v) is 7.08. The lowest BCUT2D eigenvalue weighted by Crippen LogP contribution is -2.47. The zero-order valence-corrected chi connectivity index (χ0v) is 11.3. The third-order valence-corrected chi connectivity index (χ3v) is 5.98. The monoisotopic (exact) mass is 257 g/mol. The molecule has 102 valence electrons. The van der Waals surface area contributed by atoms with E-state index < -0.39 is 0 Å². The zero-order chi connectivity index (χ0) is 13.0. The molecule has 1 unspecified atom stereocenters. The van der Waals surface area contributed by atoms with Gasteiger partial charge >= 0.3 is 0 Å². The van der Waals surface area contributed by atoms with Crippen LogP contribution in [0.5, 0.6) is 0 Å². The van der Waals surface area contributed by atoms with Crippen LogP contribution < -0.4 is 5.73 Å². The molecule has 0 heterocycles. The van der Waals surface area contributed by atoms with Crippen LogP contribution in [0.2, 0.25) is 0 Å². The summed E-state index contributed by atoms with van der Waals surface area (Å²) in [6.07, 6.45) is 6.51. The highest BCUT2D eigenvalue weighted by atomic mass is 16.3. The third kappa shape index (κ3) is 1.80. The summed E-state index contributed by atoms with van der Waals surface area (Å²) in [6.45, 7) is 0. The minimum Gasteiger partial charge on any atom is -0.398 e. The molecule has 4 saturated carbocycles. The number of nitrogen functional groups attached to an aromatic ring is 1. The highest BCUT2D eigenvalue weighted by molar-refractivity contribution is 5.48. The molecule has 4 bridgehead atoms. The van der Waals surface area contributed by atoms with Crippen molar-refractivity contribution >= 4 is 5.69 Å². The van der Waals surface area contributed by atoms with Gasteiger partial charge in [-0.25, -0.2) is 0 Å². The highest BCUT2D eigenvalue weighted by Crippen LogP contribution is 2.59. The Morgan fingerprint density at radius 2 is 1.53 bits per heavy atom. The molecule has 1 atom stereocenters. The number of rotatable bonds is 2. The van der Waals surface area contributed by atoms with Gasteiger partial charge in [-0.3, -0.25) is 0 Å². The van der Waals surface area contributed by atoms with Crippen molar-refractivity contribution in [2.75, 3.05) is 5.73 Å². The maximum absolute atomic E-state index is 10.9. The fourth-order valence-corrected chi connectivity index (χ4v) is 5.47. The fraction of sp³-hybridized carbons (Fsp3) is 0.647. The van der Waals surface area contributed by atoms with Gasteiger partial charge in [0.05, 0.1) is 6.10 Å². The van der Waals surface area contributed by atoms with Crippen LogP contribution in [0.25, 0.3) is 0 Å². The van der Waals surface area contributed by atoms with E-state index in [-0.39, 0.29) is 6.10 Å². The van der Waals surface area contributed by atoms with Crippen molar-refractivity contribution in [1.29, 1.82) is 0 Å². The Hall–Kier alpha value is -1.02. The number of benzene rings is 1. The van der Waals surface area contributed by atoms with Gasteiger partial charge in [-0.15, -0.1) is 0 Å². The molecule has 0 saturated heterocycles. The summed E-state index contributed by atoms with van der Waals surface area (Å²) in [6, 6.07) is 7.85. The van der Waals surface area contributed by atoms with Gasteiger partial charge < -0.3 is 10.8 Å². The normalized spacial score (nSPS) is 41.4. The first-order valence-corrected chi connectivity index (χ1v) is 7.75. The highest BCUT2D eigenvalue weighted by Gasteiger charge is 2.50. The molecular weight excluding hydrogens is 234 g/mol. The van der Waals surface area contributed by atoms with E-state index in [9.17, 15) is 5.11 Å². The Balaban J connectivity index is 1.64. The minimum absolute atomic E-state index is 0.351. The van der Waals surface area contributed by atoms with E-state index in [0.717, 1.165) is 34.9 Å². The average molecular weight is 257 g/mol. The van der Waals surface area contributed by atoms with Crippen LogP contribution in [0.4, 0.5) is 5.69 Å². The maximum Gasteiger partial charge on any atom is 0.0843 e. The van der Waals surface area contributed by atoms with E-state index >= 15 is 0 Å². The van der Waals surface area contributed by atoms with Gasteiger partial charge in [0.1, 0.15) is 0 Å². The summed E-state index contributed by atoms with van der Waals surface area (Å²) >= 11 is 0. The van der Waals surface area contributed by atoms with Crippen LogP contribution in [-0.4, -0.2) is 5.11 Å². The summed E-state index contributed by atoms with van der Waals surface area (Å²) in [5.74, 6) is 3.85. The van der Waals surface area contributed by atoms with Crippen molar-refractivity contribution < 1.29 is 5.11 Å². The molecule has 0 amide bonds. The molecule has 2 heteroatoms. The molecule has 0 aromatic heterocycles. The van der Waals surface area contributed by atoms with Crippen LogP contribution in [0.15, 0.2) is 24.3 Å². The Labute approximate surface area is 115 Å². The SMILES string of the molecule is Nc1ccccc1C(O)C1C2CC3CC(C2)CC1C3. The summed E-state index contributed by atoms with van der Waals surface area (Å²) < 4.78 is 0. The first-order valence-electron chi connectivity index (χ1n) is 7.75. The first-order chi connectivity index (χ1) is 9.22. The lowest BCUT2D eigenvalue weighted by Gasteiger charge is -2.55. The lowest BCUT2D eigenvalue weighted by molar-refractivity contribution is -0.0905. The molecule has 5 rings (SSSR count). The van der Waals surface area contributed by atoms with Gasteiger partial charge in [0.15, 0.2) is 0 Å². The predicted molar refractivity (Wildman–Crippen MR) is 76.3 cm³/mol. The minimum atomic E-state index is -0.351. The smallest absolute Gasteiger partial charge is 0.0843 e. The molecule has 3 N–H and O–H groups in total.